The summed E-state index contributed by atoms with van der Waals surface area (Å²) in [4.78, 5) is 26.8. The van der Waals surface area contributed by atoms with E-state index in [0.717, 1.165) is 0 Å². The Bertz CT molecular complexity index is 587. The summed E-state index contributed by atoms with van der Waals surface area (Å²) in [5.41, 5.74) is 0. The molecule has 0 aliphatic carbocycles. The Balaban J connectivity index is 2.00. The number of hydrogen-bond acceptors (Lipinski definition) is 6. The molecule has 0 aliphatic heterocycles. The molecule has 2 heterocycles. The highest BCUT2D eigenvalue weighted by atomic mass is 16.4. The molecule has 2 aromatic rings. The van der Waals surface area contributed by atoms with E-state index in [2.05, 4.69) is 9.98 Å². The lowest BCUT2D eigenvalue weighted by Gasteiger charge is -1.93. The number of isocyanates is 2. The van der Waals surface area contributed by atoms with E-state index >= 15 is 0 Å². The van der Waals surface area contributed by atoms with Crippen molar-refractivity contribution < 1.29 is 18.4 Å². The minimum atomic E-state index is 0.182. The zero-order valence-corrected chi connectivity index (χ0v) is 9.96. The van der Waals surface area contributed by atoms with Gasteiger partial charge in [-0.05, 0) is 24.3 Å². The highest BCUT2D eigenvalue weighted by molar-refractivity contribution is 5.33. The highest BCUT2D eigenvalue weighted by Gasteiger charge is 2.07. The molecule has 0 spiro atoms. The molecule has 0 amide bonds. The Hall–Kier alpha value is -2.68. The molecule has 0 aliphatic rings. The summed E-state index contributed by atoms with van der Waals surface area (Å²) in [5.74, 6) is 2.60. The van der Waals surface area contributed by atoms with Gasteiger partial charge < -0.3 is 8.83 Å². The molecule has 0 unspecified atom stereocenters. The van der Waals surface area contributed by atoms with Crippen molar-refractivity contribution in [2.75, 3.05) is 0 Å². The van der Waals surface area contributed by atoms with Gasteiger partial charge in [0.1, 0.15) is 36.1 Å². The van der Waals surface area contributed by atoms with E-state index in [9.17, 15) is 9.59 Å². The van der Waals surface area contributed by atoms with Gasteiger partial charge in [0.05, 0.1) is 6.42 Å². The molecule has 0 saturated heterocycles. The van der Waals surface area contributed by atoms with Crippen LogP contribution in [0.4, 0.5) is 0 Å². The first-order valence-electron chi connectivity index (χ1n) is 5.54. The third-order valence-corrected chi connectivity index (χ3v) is 2.38. The van der Waals surface area contributed by atoms with Crippen LogP contribution in [0.3, 0.4) is 0 Å². The van der Waals surface area contributed by atoms with E-state index in [-0.39, 0.29) is 13.1 Å². The molecule has 0 N–H and O–H groups in total. The first kappa shape index (κ1) is 12.8. The molecule has 2 rings (SSSR count). The van der Waals surface area contributed by atoms with Crippen molar-refractivity contribution in [3.05, 3.63) is 47.3 Å². The van der Waals surface area contributed by atoms with Crippen LogP contribution in [0.15, 0.2) is 43.1 Å². The molecule has 96 valence electrons. The molecule has 0 radical (unpaired) electrons. The maximum absolute atomic E-state index is 9.98. The molecule has 6 nitrogen and oxygen atoms in total. The van der Waals surface area contributed by atoms with Crippen LogP contribution in [0.5, 0.6) is 0 Å². The molecule has 2 aromatic heterocycles. The zero-order chi connectivity index (χ0) is 13.5. The Morgan fingerprint density at radius 2 is 1.21 bits per heavy atom. The molecule has 6 heteroatoms. The van der Waals surface area contributed by atoms with Crippen LogP contribution in [0.25, 0.3) is 0 Å². The summed E-state index contributed by atoms with van der Waals surface area (Å²) < 4.78 is 10.9. The summed E-state index contributed by atoms with van der Waals surface area (Å²) in [6.45, 7) is 0.363. The van der Waals surface area contributed by atoms with Crippen molar-refractivity contribution in [3.63, 3.8) is 0 Å². The van der Waals surface area contributed by atoms with Gasteiger partial charge in [0.2, 0.25) is 12.2 Å². The van der Waals surface area contributed by atoms with E-state index in [1.54, 1.807) is 24.3 Å². The van der Waals surface area contributed by atoms with Crippen molar-refractivity contribution >= 4 is 12.2 Å². The lowest BCUT2D eigenvalue weighted by Crippen LogP contribution is -1.82. The normalized spacial score (nSPS) is 9.68. The van der Waals surface area contributed by atoms with Gasteiger partial charge in [-0.3, -0.25) is 0 Å². The molecule has 19 heavy (non-hydrogen) atoms. The van der Waals surface area contributed by atoms with E-state index in [1.165, 1.54) is 12.2 Å². The van der Waals surface area contributed by atoms with Crippen molar-refractivity contribution in [2.24, 2.45) is 9.98 Å². The van der Waals surface area contributed by atoms with Crippen LogP contribution in [-0.2, 0) is 29.1 Å². The Labute approximate surface area is 108 Å². The summed E-state index contributed by atoms with van der Waals surface area (Å²) >= 11 is 0. The number of aliphatic imine (C=N–C) groups is 2. The van der Waals surface area contributed by atoms with E-state index in [0.29, 0.717) is 29.5 Å². The number of furan rings is 2. The van der Waals surface area contributed by atoms with Crippen molar-refractivity contribution in [1.82, 2.24) is 0 Å². The van der Waals surface area contributed by atoms with Crippen molar-refractivity contribution in [1.29, 1.82) is 0 Å². The smallest absolute Gasteiger partial charge is 0.235 e. The zero-order valence-electron chi connectivity index (χ0n) is 9.96. The standard InChI is InChI=1S/C13H10N2O4/c16-8-14-6-12-3-1-10(18-12)5-11-2-4-13(19-11)7-15-9-17/h1-4H,5-7H2. The fraction of sp³-hybridized carbons (Fsp3) is 0.231. The van der Waals surface area contributed by atoms with Crippen LogP contribution in [0.2, 0.25) is 0 Å². The van der Waals surface area contributed by atoms with Gasteiger partial charge in [0.25, 0.3) is 0 Å². The van der Waals surface area contributed by atoms with Crippen LogP contribution in [0, 0.1) is 0 Å². The lowest BCUT2D eigenvalue weighted by molar-refractivity contribution is 0.435. The number of hydrogen-bond donors (Lipinski definition) is 0. The first-order valence-corrected chi connectivity index (χ1v) is 5.54. The Morgan fingerprint density at radius 3 is 1.63 bits per heavy atom. The fourth-order valence-electron chi connectivity index (χ4n) is 1.60. The molecule has 0 atom stereocenters. The van der Waals surface area contributed by atoms with E-state index in [4.69, 9.17) is 8.83 Å². The largest absolute Gasteiger partial charge is 0.464 e. The van der Waals surface area contributed by atoms with Gasteiger partial charge in [0.15, 0.2) is 0 Å². The molecule has 0 saturated carbocycles. The second-order valence-electron chi connectivity index (χ2n) is 3.73. The van der Waals surface area contributed by atoms with Crippen molar-refractivity contribution in [2.45, 2.75) is 19.5 Å². The van der Waals surface area contributed by atoms with Crippen LogP contribution < -0.4 is 0 Å². The highest BCUT2D eigenvalue weighted by Crippen LogP contribution is 2.16. The molecular formula is C13H10N2O4. The molecular weight excluding hydrogens is 248 g/mol. The third kappa shape index (κ3) is 3.64. The minimum absolute atomic E-state index is 0.182. The van der Waals surface area contributed by atoms with Gasteiger partial charge in [-0.15, -0.1) is 0 Å². The van der Waals surface area contributed by atoms with Gasteiger partial charge in [-0.2, -0.15) is 9.98 Å². The summed E-state index contributed by atoms with van der Waals surface area (Å²) in [6.07, 6.45) is 3.39. The number of rotatable bonds is 6. The van der Waals surface area contributed by atoms with Gasteiger partial charge in [-0.1, -0.05) is 0 Å². The Kier molecular flexibility index (Phi) is 4.24. The third-order valence-electron chi connectivity index (χ3n) is 2.38. The van der Waals surface area contributed by atoms with E-state index < -0.39 is 0 Å². The van der Waals surface area contributed by atoms with Crippen LogP contribution in [0.1, 0.15) is 23.0 Å². The van der Waals surface area contributed by atoms with Gasteiger partial charge in [0, 0.05) is 0 Å². The van der Waals surface area contributed by atoms with Crippen LogP contribution in [-0.4, -0.2) is 12.2 Å². The maximum atomic E-state index is 9.98. The maximum Gasteiger partial charge on any atom is 0.235 e. The second-order valence-corrected chi connectivity index (χ2v) is 3.73. The van der Waals surface area contributed by atoms with E-state index in [1.807, 2.05) is 0 Å². The lowest BCUT2D eigenvalue weighted by atomic mass is 10.3. The fourth-order valence-corrected chi connectivity index (χ4v) is 1.60. The average Bonchev–Trinajstić information content (AvgIpc) is 3.04. The predicted octanol–water partition coefficient (Wildman–Crippen LogP) is 2.13. The van der Waals surface area contributed by atoms with Crippen molar-refractivity contribution in [3.8, 4) is 0 Å². The molecule has 0 fully saturated rings. The predicted molar refractivity (Wildman–Crippen MR) is 63.9 cm³/mol. The summed E-state index contributed by atoms with van der Waals surface area (Å²) in [7, 11) is 0. The quantitative estimate of drug-likeness (QED) is 0.586. The molecule has 0 bridgehead atoms. The monoisotopic (exact) mass is 258 g/mol. The Morgan fingerprint density at radius 1 is 0.789 bits per heavy atom. The SMILES string of the molecule is O=C=NCc1ccc(Cc2ccc(CN=C=O)o2)o1. The van der Waals surface area contributed by atoms with Gasteiger partial charge in [-0.25, -0.2) is 9.59 Å². The summed E-state index contributed by atoms with van der Waals surface area (Å²) in [5, 5.41) is 0. The van der Waals surface area contributed by atoms with Crippen LogP contribution >= 0.6 is 0 Å². The number of nitrogens with zero attached hydrogens (tertiary/aromatic N) is 2. The topological polar surface area (TPSA) is 85.1 Å². The first-order chi connectivity index (χ1) is 9.31. The summed E-state index contributed by atoms with van der Waals surface area (Å²) in [6, 6.07) is 7.08. The van der Waals surface area contributed by atoms with Gasteiger partial charge >= 0.3 is 0 Å². The number of carbonyl (C=O) groups excluding carboxylic acids is 2. The molecule has 0 aromatic carbocycles. The second kappa shape index (κ2) is 6.31. The minimum Gasteiger partial charge on any atom is -0.464 e. The average molecular weight is 258 g/mol.